The Hall–Kier alpha value is -1.80. The van der Waals surface area contributed by atoms with Crippen molar-refractivity contribution in [2.24, 2.45) is 5.92 Å². The van der Waals surface area contributed by atoms with Crippen molar-refractivity contribution >= 4 is 11.5 Å². The van der Waals surface area contributed by atoms with E-state index in [4.69, 9.17) is 11.0 Å². The quantitative estimate of drug-likeness (QED) is 0.839. The molecule has 18 heavy (non-hydrogen) atoms. The largest absolute Gasteiger partial charge is 0.395 e. The van der Waals surface area contributed by atoms with Crippen LogP contribution in [0.3, 0.4) is 0 Å². The first-order valence-corrected chi connectivity index (χ1v) is 6.10. The first-order chi connectivity index (χ1) is 8.54. The average Bonchev–Trinajstić information content (AvgIpc) is 2.71. The van der Waals surface area contributed by atoms with Crippen molar-refractivity contribution in [2.75, 3.05) is 37.8 Å². The lowest BCUT2D eigenvalue weighted by Crippen LogP contribution is -2.34. The molecule has 2 N–H and O–H groups in total. The molecule has 2 rings (SSSR count). The van der Waals surface area contributed by atoms with Crippen LogP contribution in [0.15, 0.2) is 12.3 Å². The fourth-order valence-corrected chi connectivity index (χ4v) is 2.61. The Bertz CT molecular complexity index is 477. The average molecular weight is 245 g/mol. The maximum absolute atomic E-state index is 8.99. The van der Waals surface area contributed by atoms with E-state index in [2.05, 4.69) is 41.9 Å². The highest BCUT2D eigenvalue weighted by atomic mass is 15.3. The second kappa shape index (κ2) is 4.83. The van der Waals surface area contributed by atoms with Crippen LogP contribution in [0, 0.1) is 17.2 Å². The number of nitrogen functional groups attached to an aromatic ring is 1. The Morgan fingerprint density at radius 3 is 2.78 bits per heavy atom. The number of nitrogens with zero attached hydrogens (tertiary/aromatic N) is 4. The molecule has 1 aromatic heterocycles. The van der Waals surface area contributed by atoms with Gasteiger partial charge in [0.2, 0.25) is 0 Å². The van der Waals surface area contributed by atoms with Gasteiger partial charge >= 0.3 is 0 Å². The molecule has 0 spiro atoms. The second-order valence-corrected chi connectivity index (χ2v) is 5.12. The molecule has 2 unspecified atom stereocenters. The van der Waals surface area contributed by atoms with Crippen LogP contribution in [0.5, 0.6) is 0 Å². The molecule has 0 aromatic carbocycles. The number of likely N-dealkylation sites (N-methyl/N-ethyl adjacent to an activating group) is 1. The summed E-state index contributed by atoms with van der Waals surface area (Å²) in [6, 6.07) is 4.25. The Morgan fingerprint density at radius 1 is 1.50 bits per heavy atom. The molecule has 2 heterocycles. The Balaban J connectivity index is 2.27. The molecule has 1 aromatic rings. The topological polar surface area (TPSA) is 69.2 Å². The van der Waals surface area contributed by atoms with Crippen LogP contribution >= 0.6 is 0 Å². The molecular formula is C13H19N5. The molecule has 2 atom stereocenters. The van der Waals surface area contributed by atoms with E-state index in [1.807, 2.05) is 0 Å². The SMILES string of the molecule is CC1CN(c2nccc(C#N)c2N)CC1N(C)C. The molecule has 1 fully saturated rings. The summed E-state index contributed by atoms with van der Waals surface area (Å²) in [6.45, 7) is 4.06. The Labute approximate surface area is 108 Å². The predicted octanol–water partition coefficient (Wildman–Crippen LogP) is 0.922. The van der Waals surface area contributed by atoms with E-state index in [0.29, 0.717) is 23.2 Å². The monoisotopic (exact) mass is 245 g/mol. The number of rotatable bonds is 2. The number of anilines is 2. The lowest BCUT2D eigenvalue weighted by Gasteiger charge is -2.23. The first-order valence-electron chi connectivity index (χ1n) is 6.10. The van der Waals surface area contributed by atoms with Gasteiger partial charge in [-0.2, -0.15) is 5.26 Å². The highest BCUT2D eigenvalue weighted by Gasteiger charge is 2.32. The van der Waals surface area contributed by atoms with Crippen molar-refractivity contribution in [2.45, 2.75) is 13.0 Å². The summed E-state index contributed by atoms with van der Waals surface area (Å²) >= 11 is 0. The first kappa shape index (κ1) is 12.7. The summed E-state index contributed by atoms with van der Waals surface area (Å²) in [6.07, 6.45) is 1.65. The van der Waals surface area contributed by atoms with Crippen molar-refractivity contribution in [1.29, 1.82) is 5.26 Å². The van der Waals surface area contributed by atoms with Crippen molar-refractivity contribution in [3.05, 3.63) is 17.8 Å². The maximum Gasteiger partial charge on any atom is 0.153 e. The molecule has 5 heteroatoms. The smallest absolute Gasteiger partial charge is 0.153 e. The van der Waals surface area contributed by atoms with E-state index >= 15 is 0 Å². The van der Waals surface area contributed by atoms with E-state index in [-0.39, 0.29) is 0 Å². The van der Waals surface area contributed by atoms with Crippen LogP contribution in [-0.2, 0) is 0 Å². The van der Waals surface area contributed by atoms with Gasteiger partial charge in [0.25, 0.3) is 0 Å². The summed E-state index contributed by atoms with van der Waals surface area (Å²) in [5.74, 6) is 1.30. The summed E-state index contributed by atoms with van der Waals surface area (Å²) in [5.41, 5.74) is 6.99. The number of hydrogen-bond acceptors (Lipinski definition) is 5. The standard InChI is InChI=1S/C13H19N5/c1-9-7-18(8-11(9)17(2)3)13-12(15)10(6-14)4-5-16-13/h4-5,9,11H,7-8,15H2,1-3H3. The number of nitrogens with two attached hydrogens (primary N) is 1. The van der Waals surface area contributed by atoms with Gasteiger partial charge in [-0.15, -0.1) is 0 Å². The number of hydrogen-bond donors (Lipinski definition) is 1. The van der Waals surface area contributed by atoms with Crippen LogP contribution in [0.25, 0.3) is 0 Å². The summed E-state index contributed by atoms with van der Waals surface area (Å²) in [7, 11) is 4.18. The van der Waals surface area contributed by atoms with Crippen molar-refractivity contribution in [1.82, 2.24) is 9.88 Å². The van der Waals surface area contributed by atoms with Crippen LogP contribution < -0.4 is 10.6 Å². The molecule has 0 aliphatic carbocycles. The predicted molar refractivity (Wildman–Crippen MR) is 72.2 cm³/mol. The Kier molecular flexibility index (Phi) is 3.39. The number of pyridine rings is 1. The van der Waals surface area contributed by atoms with Gasteiger partial charge < -0.3 is 15.5 Å². The molecular weight excluding hydrogens is 226 g/mol. The molecule has 0 amide bonds. The lowest BCUT2D eigenvalue weighted by molar-refractivity contribution is 0.266. The van der Waals surface area contributed by atoms with Gasteiger partial charge in [0.05, 0.1) is 11.3 Å². The van der Waals surface area contributed by atoms with E-state index < -0.39 is 0 Å². The number of aromatic nitrogens is 1. The van der Waals surface area contributed by atoms with Crippen LogP contribution in [0.2, 0.25) is 0 Å². The van der Waals surface area contributed by atoms with E-state index in [1.165, 1.54) is 0 Å². The van der Waals surface area contributed by atoms with Gasteiger partial charge in [0.15, 0.2) is 5.82 Å². The zero-order valence-electron chi connectivity index (χ0n) is 11.1. The van der Waals surface area contributed by atoms with Gasteiger partial charge in [-0.1, -0.05) is 6.92 Å². The van der Waals surface area contributed by atoms with Gasteiger partial charge in [-0.05, 0) is 26.1 Å². The van der Waals surface area contributed by atoms with Crippen LogP contribution in [-0.4, -0.2) is 43.1 Å². The van der Waals surface area contributed by atoms with Gasteiger partial charge in [-0.25, -0.2) is 4.98 Å². The third-order valence-electron chi connectivity index (χ3n) is 3.63. The maximum atomic E-state index is 8.99. The fraction of sp³-hybridized carbons (Fsp3) is 0.538. The van der Waals surface area contributed by atoms with Crippen molar-refractivity contribution in [3.8, 4) is 6.07 Å². The van der Waals surface area contributed by atoms with Gasteiger partial charge in [0, 0.05) is 25.3 Å². The molecule has 0 bridgehead atoms. The van der Waals surface area contributed by atoms with Crippen molar-refractivity contribution < 1.29 is 0 Å². The minimum atomic E-state index is 0.492. The fourth-order valence-electron chi connectivity index (χ4n) is 2.61. The van der Waals surface area contributed by atoms with E-state index in [9.17, 15) is 0 Å². The number of nitriles is 1. The summed E-state index contributed by atoms with van der Waals surface area (Å²) < 4.78 is 0. The molecule has 1 aliphatic rings. The third-order valence-corrected chi connectivity index (χ3v) is 3.63. The van der Waals surface area contributed by atoms with E-state index in [1.54, 1.807) is 12.3 Å². The van der Waals surface area contributed by atoms with Crippen LogP contribution in [0.4, 0.5) is 11.5 Å². The van der Waals surface area contributed by atoms with Crippen LogP contribution in [0.1, 0.15) is 12.5 Å². The summed E-state index contributed by atoms with van der Waals surface area (Å²) in [4.78, 5) is 8.73. The minimum absolute atomic E-state index is 0.492. The Morgan fingerprint density at radius 2 is 2.22 bits per heavy atom. The van der Waals surface area contributed by atoms with Crippen molar-refractivity contribution in [3.63, 3.8) is 0 Å². The van der Waals surface area contributed by atoms with Gasteiger partial charge in [0.1, 0.15) is 6.07 Å². The lowest BCUT2D eigenvalue weighted by atomic mass is 10.1. The molecule has 96 valence electrons. The summed E-state index contributed by atoms with van der Waals surface area (Å²) in [5, 5.41) is 8.99. The zero-order valence-corrected chi connectivity index (χ0v) is 11.1. The highest BCUT2D eigenvalue weighted by molar-refractivity contribution is 5.70. The molecule has 0 radical (unpaired) electrons. The normalized spacial score (nSPS) is 23.4. The molecule has 5 nitrogen and oxygen atoms in total. The molecule has 1 aliphatic heterocycles. The molecule has 1 saturated heterocycles. The molecule has 0 saturated carbocycles. The zero-order chi connectivity index (χ0) is 13.3. The highest BCUT2D eigenvalue weighted by Crippen LogP contribution is 2.29. The third kappa shape index (κ3) is 2.12. The minimum Gasteiger partial charge on any atom is -0.395 e. The second-order valence-electron chi connectivity index (χ2n) is 5.12. The van der Waals surface area contributed by atoms with Gasteiger partial charge in [-0.3, -0.25) is 0 Å². The van der Waals surface area contributed by atoms with E-state index in [0.717, 1.165) is 18.9 Å².